The lowest BCUT2D eigenvalue weighted by Gasteiger charge is -2.47. The van der Waals surface area contributed by atoms with Crippen molar-refractivity contribution in [2.45, 2.75) is 37.6 Å². The van der Waals surface area contributed by atoms with Crippen molar-refractivity contribution in [2.75, 3.05) is 26.2 Å². The van der Waals surface area contributed by atoms with Gasteiger partial charge in [-0.05, 0) is 38.8 Å². The fourth-order valence-corrected chi connectivity index (χ4v) is 4.08. The Morgan fingerprint density at radius 1 is 1.07 bits per heavy atom. The molecule has 2 N–H and O–H groups in total. The minimum absolute atomic E-state index is 0.0924. The second kappa shape index (κ2) is 7.63. The molecule has 0 atom stereocenters. The summed E-state index contributed by atoms with van der Waals surface area (Å²) in [7, 11) is 0. The second-order valence-electron chi connectivity index (χ2n) is 7.25. The van der Waals surface area contributed by atoms with E-state index in [4.69, 9.17) is 10.3 Å². The Morgan fingerprint density at radius 2 is 1.82 bits per heavy atom. The van der Waals surface area contributed by atoms with Crippen molar-refractivity contribution in [3.8, 4) is 11.5 Å². The third-order valence-electron chi connectivity index (χ3n) is 5.70. The van der Waals surface area contributed by atoms with Gasteiger partial charge in [0, 0.05) is 25.5 Å². The Bertz CT molecular complexity index is 840. The van der Waals surface area contributed by atoms with Crippen molar-refractivity contribution in [2.24, 2.45) is 5.73 Å². The van der Waals surface area contributed by atoms with E-state index >= 15 is 0 Å². The quantitative estimate of drug-likeness (QED) is 0.803. The van der Waals surface area contributed by atoms with Gasteiger partial charge in [-0.1, -0.05) is 11.6 Å². The predicted molar refractivity (Wildman–Crippen MR) is 97.8 cm³/mol. The molecule has 4 heterocycles. The van der Waals surface area contributed by atoms with Gasteiger partial charge in [-0.3, -0.25) is 19.5 Å². The van der Waals surface area contributed by atoms with E-state index in [2.05, 4.69) is 25.0 Å². The highest BCUT2D eigenvalue weighted by Crippen LogP contribution is 2.32. The lowest BCUT2D eigenvalue weighted by molar-refractivity contribution is -0.134. The fraction of sp³-hybridized carbons (Fsp3) is 0.556. The summed E-state index contributed by atoms with van der Waals surface area (Å²) in [5.41, 5.74) is 5.56. The van der Waals surface area contributed by atoms with Gasteiger partial charge < -0.3 is 15.2 Å². The van der Waals surface area contributed by atoms with Crippen LogP contribution in [0.15, 0.2) is 23.1 Å². The summed E-state index contributed by atoms with van der Waals surface area (Å²) < 4.78 is 5.13. The molecule has 0 aliphatic carbocycles. The summed E-state index contributed by atoms with van der Waals surface area (Å²) in [5, 5.41) is 3.81. The molecule has 0 saturated carbocycles. The van der Waals surface area contributed by atoms with Crippen LogP contribution in [0.25, 0.3) is 11.5 Å². The Morgan fingerprint density at radius 3 is 2.46 bits per heavy atom. The predicted octanol–water partition coefficient (Wildman–Crippen LogP) is 0.473. The highest BCUT2D eigenvalue weighted by molar-refractivity contribution is 5.91. The number of likely N-dealkylation sites (tertiary alicyclic amines) is 2. The molecule has 2 fully saturated rings. The third kappa shape index (κ3) is 3.35. The minimum atomic E-state index is -0.670. The van der Waals surface area contributed by atoms with Crippen LogP contribution in [0, 0.1) is 0 Å². The van der Waals surface area contributed by atoms with E-state index in [9.17, 15) is 9.59 Å². The lowest BCUT2D eigenvalue weighted by Crippen LogP contribution is -2.63. The van der Waals surface area contributed by atoms with Crippen LogP contribution in [0.2, 0.25) is 0 Å². The molecule has 0 spiro atoms. The largest absolute Gasteiger partial charge is 0.368 e. The molecule has 0 bridgehead atoms. The van der Waals surface area contributed by atoms with Crippen molar-refractivity contribution >= 4 is 11.8 Å². The zero-order chi connectivity index (χ0) is 19.6. The number of primary amides is 1. The Labute approximate surface area is 162 Å². The van der Waals surface area contributed by atoms with Gasteiger partial charge in [-0.15, -0.1) is 0 Å². The van der Waals surface area contributed by atoms with Gasteiger partial charge in [0.25, 0.3) is 0 Å². The maximum Gasteiger partial charge on any atom is 0.316 e. The Kier molecular flexibility index (Phi) is 5.03. The van der Waals surface area contributed by atoms with Gasteiger partial charge in [0.2, 0.25) is 11.7 Å². The standard InChI is InChI=1S/C18H23N7O3/c19-17(27)18(25-8-2-1-3-9-25)4-10-24(11-5-18)16(26)15-22-14(23-28-15)13-12-20-6-7-21-13/h6-7,12H,1-5,8-11H2,(H2,19,27). The van der Waals surface area contributed by atoms with Crippen molar-refractivity contribution in [1.29, 1.82) is 0 Å². The number of nitrogens with two attached hydrogens (primary N) is 1. The molecule has 10 heteroatoms. The lowest BCUT2D eigenvalue weighted by atomic mass is 9.83. The average molecular weight is 385 g/mol. The summed E-state index contributed by atoms with van der Waals surface area (Å²) in [4.78, 5) is 41.1. The van der Waals surface area contributed by atoms with Gasteiger partial charge in [0.15, 0.2) is 0 Å². The smallest absolute Gasteiger partial charge is 0.316 e. The number of hydrogen-bond acceptors (Lipinski definition) is 8. The van der Waals surface area contributed by atoms with E-state index in [-0.39, 0.29) is 23.5 Å². The summed E-state index contributed by atoms with van der Waals surface area (Å²) >= 11 is 0. The molecule has 2 amide bonds. The van der Waals surface area contributed by atoms with Crippen molar-refractivity contribution in [3.05, 3.63) is 24.5 Å². The van der Waals surface area contributed by atoms with Crippen molar-refractivity contribution < 1.29 is 14.1 Å². The highest BCUT2D eigenvalue weighted by atomic mass is 16.5. The molecule has 2 aliphatic heterocycles. The number of carbonyl (C=O) groups is 2. The van der Waals surface area contributed by atoms with Gasteiger partial charge in [0.05, 0.1) is 6.20 Å². The number of rotatable bonds is 4. The van der Waals surface area contributed by atoms with Crippen LogP contribution in [-0.4, -0.2) is 73.4 Å². The van der Waals surface area contributed by atoms with E-state index < -0.39 is 5.54 Å². The molecule has 2 saturated heterocycles. The summed E-state index contributed by atoms with van der Waals surface area (Å²) in [6.45, 7) is 2.59. The monoisotopic (exact) mass is 385 g/mol. The normalized spacial score (nSPS) is 20.1. The van der Waals surface area contributed by atoms with E-state index in [0.29, 0.717) is 31.6 Å². The van der Waals surface area contributed by atoms with Crippen LogP contribution in [0.1, 0.15) is 42.8 Å². The fourth-order valence-electron chi connectivity index (χ4n) is 4.08. The molecular formula is C18H23N7O3. The number of aromatic nitrogens is 4. The van der Waals surface area contributed by atoms with Gasteiger partial charge >= 0.3 is 11.8 Å². The number of hydrogen-bond donors (Lipinski definition) is 1. The molecule has 0 radical (unpaired) electrons. The van der Waals surface area contributed by atoms with Crippen LogP contribution in [0.3, 0.4) is 0 Å². The van der Waals surface area contributed by atoms with Crippen LogP contribution in [0.4, 0.5) is 0 Å². The molecular weight excluding hydrogens is 362 g/mol. The molecule has 4 rings (SSSR count). The van der Waals surface area contributed by atoms with Crippen LogP contribution < -0.4 is 5.73 Å². The molecule has 2 aromatic rings. The maximum absolute atomic E-state index is 12.8. The molecule has 10 nitrogen and oxygen atoms in total. The van der Waals surface area contributed by atoms with Gasteiger partial charge in [-0.25, -0.2) is 4.98 Å². The van der Waals surface area contributed by atoms with E-state index in [0.717, 1.165) is 25.9 Å². The molecule has 28 heavy (non-hydrogen) atoms. The topological polar surface area (TPSA) is 131 Å². The summed E-state index contributed by atoms with van der Waals surface area (Å²) in [5.74, 6) is -0.526. The molecule has 2 aliphatic rings. The first-order valence-corrected chi connectivity index (χ1v) is 9.54. The number of carbonyl (C=O) groups excluding carboxylic acids is 2. The van der Waals surface area contributed by atoms with Gasteiger partial charge in [0.1, 0.15) is 11.2 Å². The molecule has 0 unspecified atom stereocenters. The first kappa shape index (κ1) is 18.5. The number of piperidine rings is 2. The van der Waals surface area contributed by atoms with Gasteiger partial charge in [-0.2, -0.15) is 4.98 Å². The zero-order valence-electron chi connectivity index (χ0n) is 15.6. The molecule has 0 aromatic carbocycles. The molecule has 2 aromatic heterocycles. The summed E-state index contributed by atoms with van der Waals surface area (Å²) in [6.07, 6.45) is 8.91. The maximum atomic E-state index is 12.8. The SMILES string of the molecule is NC(=O)C1(N2CCCCC2)CCN(C(=O)c2nc(-c3cnccn3)no2)CC1. The van der Waals surface area contributed by atoms with E-state index in [1.165, 1.54) is 25.0 Å². The third-order valence-corrected chi connectivity index (χ3v) is 5.70. The number of amides is 2. The Balaban J connectivity index is 1.45. The first-order valence-electron chi connectivity index (χ1n) is 9.54. The van der Waals surface area contributed by atoms with Crippen LogP contribution in [-0.2, 0) is 4.79 Å². The highest BCUT2D eigenvalue weighted by Gasteiger charge is 2.46. The van der Waals surface area contributed by atoms with Crippen molar-refractivity contribution in [1.82, 2.24) is 29.9 Å². The van der Waals surface area contributed by atoms with Crippen LogP contribution in [0.5, 0.6) is 0 Å². The number of nitrogens with zero attached hydrogens (tertiary/aromatic N) is 6. The van der Waals surface area contributed by atoms with Crippen molar-refractivity contribution in [3.63, 3.8) is 0 Å². The van der Waals surface area contributed by atoms with E-state index in [1.54, 1.807) is 4.90 Å². The van der Waals surface area contributed by atoms with E-state index in [1.807, 2.05) is 0 Å². The summed E-state index contributed by atoms with van der Waals surface area (Å²) in [6, 6.07) is 0. The molecule has 148 valence electrons. The second-order valence-corrected chi connectivity index (χ2v) is 7.25. The first-order chi connectivity index (χ1) is 13.6. The average Bonchev–Trinajstić information content (AvgIpc) is 3.25. The van der Waals surface area contributed by atoms with Crippen LogP contribution >= 0.6 is 0 Å². The Hall–Kier alpha value is -2.88. The minimum Gasteiger partial charge on any atom is -0.368 e. The zero-order valence-corrected chi connectivity index (χ0v) is 15.6.